The van der Waals surface area contributed by atoms with Gasteiger partial charge < -0.3 is 14.5 Å². The van der Waals surface area contributed by atoms with Gasteiger partial charge in [0.15, 0.2) is 0 Å². The molecule has 1 aromatic heterocycles. The molecule has 0 spiro atoms. The van der Waals surface area contributed by atoms with Crippen molar-refractivity contribution < 1.29 is 13.9 Å². The summed E-state index contributed by atoms with van der Waals surface area (Å²) in [6.07, 6.45) is 3.17. The number of nitrogens with zero attached hydrogens (tertiary/aromatic N) is 4. The average molecular weight is 372 g/mol. The largest absolute Gasteiger partial charge is 0.481 e. The van der Waals surface area contributed by atoms with Crippen LogP contribution >= 0.6 is 0 Å². The number of halogens is 1. The molecule has 2 heterocycles. The zero-order valence-electron chi connectivity index (χ0n) is 15.8. The number of hydrogen-bond donors (Lipinski definition) is 0. The molecule has 6 nitrogen and oxygen atoms in total. The molecule has 0 atom stereocenters. The van der Waals surface area contributed by atoms with Crippen LogP contribution in [0.3, 0.4) is 0 Å². The van der Waals surface area contributed by atoms with Crippen molar-refractivity contribution in [2.45, 2.75) is 26.3 Å². The fourth-order valence-electron chi connectivity index (χ4n) is 3.38. The van der Waals surface area contributed by atoms with E-state index in [2.05, 4.69) is 14.9 Å². The van der Waals surface area contributed by atoms with Crippen molar-refractivity contribution >= 4 is 11.9 Å². The summed E-state index contributed by atoms with van der Waals surface area (Å²) in [5, 5.41) is 0. The lowest BCUT2D eigenvalue weighted by molar-refractivity contribution is -0.136. The molecule has 1 aromatic carbocycles. The Labute approximate surface area is 159 Å². The van der Waals surface area contributed by atoms with Crippen molar-refractivity contribution in [3.63, 3.8) is 0 Å². The normalized spacial score (nSPS) is 14.9. The maximum absolute atomic E-state index is 13.4. The summed E-state index contributed by atoms with van der Waals surface area (Å²) in [7, 11) is 1.58. The smallest absolute Gasteiger partial charge is 0.228 e. The summed E-state index contributed by atoms with van der Waals surface area (Å²) >= 11 is 0. The third-order valence-electron chi connectivity index (χ3n) is 4.91. The molecule has 0 unspecified atom stereocenters. The topological polar surface area (TPSA) is 58.6 Å². The van der Waals surface area contributed by atoms with Crippen LogP contribution in [0.5, 0.6) is 5.88 Å². The van der Waals surface area contributed by atoms with Gasteiger partial charge in [-0.15, -0.1) is 0 Å². The lowest BCUT2D eigenvalue weighted by Gasteiger charge is -2.34. The Morgan fingerprint density at radius 1 is 1.33 bits per heavy atom. The van der Waals surface area contributed by atoms with E-state index >= 15 is 0 Å². The number of hydrogen-bond acceptors (Lipinski definition) is 5. The van der Waals surface area contributed by atoms with Gasteiger partial charge in [-0.2, -0.15) is 4.98 Å². The number of methoxy groups -OCH3 is 1. The quantitative estimate of drug-likeness (QED) is 0.780. The van der Waals surface area contributed by atoms with Gasteiger partial charge in [0.25, 0.3) is 0 Å². The number of amides is 1. The number of rotatable bonds is 6. The van der Waals surface area contributed by atoms with E-state index in [0.717, 1.165) is 31.5 Å². The second kappa shape index (κ2) is 8.79. The minimum Gasteiger partial charge on any atom is -0.481 e. The molecule has 1 saturated heterocycles. The highest BCUT2D eigenvalue weighted by Crippen LogP contribution is 2.24. The number of anilines is 1. The summed E-state index contributed by atoms with van der Waals surface area (Å²) in [6, 6.07) is 8.14. The first-order chi connectivity index (χ1) is 13.1. The molecule has 27 heavy (non-hydrogen) atoms. The van der Waals surface area contributed by atoms with E-state index < -0.39 is 0 Å². The highest BCUT2D eigenvalue weighted by atomic mass is 19.1. The number of carbonyl (C=O) groups is 1. The Bertz CT molecular complexity index is 778. The minimum atomic E-state index is -0.275. The zero-order chi connectivity index (χ0) is 19.2. The van der Waals surface area contributed by atoms with E-state index in [1.54, 1.807) is 30.3 Å². The molecule has 2 aromatic rings. The van der Waals surface area contributed by atoms with Crippen LogP contribution in [0, 0.1) is 11.7 Å². The Morgan fingerprint density at radius 2 is 2.11 bits per heavy atom. The molecule has 0 radical (unpaired) electrons. The maximum Gasteiger partial charge on any atom is 0.228 e. The Hall–Kier alpha value is -2.70. The second-order valence-electron chi connectivity index (χ2n) is 6.64. The number of carbonyl (C=O) groups excluding carboxylic acids is 1. The zero-order valence-corrected chi connectivity index (χ0v) is 15.8. The predicted octanol–water partition coefficient (Wildman–Crippen LogP) is 2.89. The second-order valence-corrected chi connectivity index (χ2v) is 6.64. The van der Waals surface area contributed by atoms with E-state index in [1.807, 2.05) is 13.0 Å². The van der Waals surface area contributed by atoms with Crippen molar-refractivity contribution in [1.82, 2.24) is 14.9 Å². The molecule has 1 aliphatic heterocycles. The molecule has 1 fully saturated rings. The standard InChI is InChI=1S/C20H25FN4O2/c1-3-24(14-15-5-4-6-17(21)13-15)19(26)16-8-11-25(12-9-16)20-22-10-7-18(23-20)27-2/h4-7,10,13,16H,3,8-9,11-12,14H2,1-2H3. The van der Waals surface area contributed by atoms with Crippen molar-refractivity contribution in [3.8, 4) is 5.88 Å². The highest BCUT2D eigenvalue weighted by molar-refractivity contribution is 5.79. The minimum absolute atomic E-state index is 0.0274. The summed E-state index contributed by atoms with van der Waals surface area (Å²) in [5.41, 5.74) is 0.812. The van der Waals surface area contributed by atoms with Gasteiger partial charge >= 0.3 is 0 Å². The van der Waals surface area contributed by atoms with Gasteiger partial charge in [0.05, 0.1) is 7.11 Å². The third-order valence-corrected chi connectivity index (χ3v) is 4.91. The fourth-order valence-corrected chi connectivity index (χ4v) is 3.38. The highest BCUT2D eigenvalue weighted by Gasteiger charge is 2.29. The van der Waals surface area contributed by atoms with Crippen LogP contribution in [0.1, 0.15) is 25.3 Å². The molecule has 7 heteroatoms. The monoisotopic (exact) mass is 372 g/mol. The van der Waals surface area contributed by atoms with Crippen LogP contribution in [0.15, 0.2) is 36.5 Å². The predicted molar refractivity (Wildman–Crippen MR) is 101 cm³/mol. The summed E-state index contributed by atoms with van der Waals surface area (Å²) in [4.78, 5) is 25.5. The van der Waals surface area contributed by atoms with E-state index in [-0.39, 0.29) is 17.6 Å². The molecule has 1 aliphatic rings. The molecular weight excluding hydrogens is 347 g/mol. The molecule has 144 valence electrons. The summed E-state index contributed by atoms with van der Waals surface area (Å²) < 4.78 is 18.6. The number of benzene rings is 1. The number of piperidine rings is 1. The van der Waals surface area contributed by atoms with Crippen LogP contribution in [-0.2, 0) is 11.3 Å². The Balaban J connectivity index is 1.59. The fraction of sp³-hybridized carbons (Fsp3) is 0.450. The van der Waals surface area contributed by atoms with Gasteiger partial charge in [-0.3, -0.25) is 4.79 Å². The third kappa shape index (κ3) is 4.72. The van der Waals surface area contributed by atoms with E-state index in [9.17, 15) is 9.18 Å². The number of aromatic nitrogens is 2. The van der Waals surface area contributed by atoms with Gasteiger partial charge in [-0.25, -0.2) is 9.37 Å². The van der Waals surface area contributed by atoms with Gasteiger partial charge in [0.2, 0.25) is 17.7 Å². The van der Waals surface area contributed by atoms with E-state index in [0.29, 0.717) is 24.9 Å². The van der Waals surface area contributed by atoms with Gasteiger partial charge in [0, 0.05) is 44.4 Å². The molecule has 0 bridgehead atoms. The number of ether oxygens (including phenoxy) is 1. The summed E-state index contributed by atoms with van der Waals surface area (Å²) in [6.45, 7) is 4.44. The van der Waals surface area contributed by atoms with Crippen molar-refractivity contribution in [1.29, 1.82) is 0 Å². The van der Waals surface area contributed by atoms with E-state index in [4.69, 9.17) is 4.74 Å². The summed E-state index contributed by atoms with van der Waals surface area (Å²) in [5.74, 6) is 0.994. The lowest BCUT2D eigenvalue weighted by Crippen LogP contribution is -2.42. The van der Waals surface area contributed by atoms with Crippen molar-refractivity contribution in [3.05, 3.63) is 47.9 Å². The molecule has 3 rings (SSSR count). The van der Waals surface area contributed by atoms with Gasteiger partial charge in [-0.1, -0.05) is 12.1 Å². The molecule has 0 saturated carbocycles. The maximum atomic E-state index is 13.4. The molecule has 1 amide bonds. The van der Waals surface area contributed by atoms with Crippen LogP contribution < -0.4 is 9.64 Å². The van der Waals surface area contributed by atoms with Gasteiger partial charge in [0.1, 0.15) is 5.82 Å². The first kappa shape index (κ1) is 19.1. The Kier molecular flexibility index (Phi) is 6.21. The van der Waals surface area contributed by atoms with Crippen molar-refractivity contribution in [2.24, 2.45) is 5.92 Å². The van der Waals surface area contributed by atoms with Gasteiger partial charge in [-0.05, 0) is 37.5 Å². The molecule has 0 N–H and O–H groups in total. The first-order valence-electron chi connectivity index (χ1n) is 9.26. The van der Waals surface area contributed by atoms with E-state index in [1.165, 1.54) is 12.1 Å². The average Bonchev–Trinajstić information content (AvgIpc) is 2.71. The van der Waals surface area contributed by atoms with Crippen molar-refractivity contribution in [2.75, 3.05) is 31.6 Å². The van der Waals surface area contributed by atoms with Crippen LogP contribution in [-0.4, -0.2) is 47.5 Å². The molecule has 0 aliphatic carbocycles. The Morgan fingerprint density at radius 3 is 2.78 bits per heavy atom. The van der Waals surface area contributed by atoms with Crippen LogP contribution in [0.2, 0.25) is 0 Å². The van der Waals surface area contributed by atoms with Crippen LogP contribution in [0.25, 0.3) is 0 Å². The first-order valence-corrected chi connectivity index (χ1v) is 9.26. The van der Waals surface area contributed by atoms with Crippen LogP contribution in [0.4, 0.5) is 10.3 Å². The SMILES string of the molecule is CCN(Cc1cccc(F)c1)C(=O)C1CCN(c2nccc(OC)n2)CC1. The molecular formula is C20H25FN4O2. The lowest BCUT2D eigenvalue weighted by atomic mass is 9.95.